The summed E-state index contributed by atoms with van der Waals surface area (Å²) in [5.74, 6) is -0.495. The lowest BCUT2D eigenvalue weighted by Gasteiger charge is -2.14. The van der Waals surface area contributed by atoms with E-state index in [1.807, 2.05) is 0 Å². The van der Waals surface area contributed by atoms with E-state index in [4.69, 9.17) is 33.2 Å². The summed E-state index contributed by atoms with van der Waals surface area (Å²) in [6.45, 7) is -0.212. The van der Waals surface area contributed by atoms with Gasteiger partial charge in [-0.2, -0.15) is 0 Å². The van der Waals surface area contributed by atoms with E-state index in [1.165, 1.54) is 12.1 Å². The molecule has 0 bridgehead atoms. The number of rotatable bonds is 6. The van der Waals surface area contributed by atoms with Gasteiger partial charge in [0.1, 0.15) is 6.23 Å². The van der Waals surface area contributed by atoms with Crippen molar-refractivity contribution in [3.63, 3.8) is 0 Å². The van der Waals surface area contributed by atoms with E-state index in [9.17, 15) is 9.90 Å². The molecule has 1 atom stereocenters. The van der Waals surface area contributed by atoms with Gasteiger partial charge in [-0.15, -0.1) is 0 Å². The van der Waals surface area contributed by atoms with Crippen molar-refractivity contribution < 1.29 is 19.9 Å². The molecule has 0 spiro atoms. The molecule has 0 aromatic heterocycles. The van der Waals surface area contributed by atoms with Crippen LogP contribution in [0.3, 0.4) is 0 Å². The molecule has 6 nitrogen and oxygen atoms in total. The third-order valence-corrected chi connectivity index (χ3v) is 2.77. The summed E-state index contributed by atoms with van der Waals surface area (Å²) >= 11 is 11.7. The van der Waals surface area contributed by atoms with Crippen molar-refractivity contribution in [3.8, 4) is 0 Å². The average Bonchev–Trinajstić information content (AvgIpc) is 2.36. The first-order chi connectivity index (χ1) is 8.90. The minimum absolute atomic E-state index is 0.212. The number of carbonyl (C=O) groups excluding carboxylic acids is 1. The Bertz CT molecular complexity index is 448. The highest BCUT2D eigenvalue weighted by Crippen LogP contribution is 2.24. The van der Waals surface area contributed by atoms with Crippen molar-refractivity contribution in [1.29, 1.82) is 0 Å². The maximum Gasteiger partial charge on any atom is 0.472 e. The lowest BCUT2D eigenvalue weighted by Crippen LogP contribution is -2.40. The van der Waals surface area contributed by atoms with Crippen LogP contribution in [0.5, 0.6) is 0 Å². The molecule has 0 heterocycles. The monoisotopic (exact) mass is 306 g/mol. The van der Waals surface area contributed by atoms with Crippen LogP contribution in [0.4, 0.5) is 0 Å². The normalized spacial score (nSPS) is 12.1. The molecule has 0 saturated heterocycles. The summed E-state index contributed by atoms with van der Waals surface area (Å²) in [5, 5.41) is 32.4. The van der Waals surface area contributed by atoms with Crippen LogP contribution >= 0.6 is 23.2 Å². The molecule has 104 valence electrons. The van der Waals surface area contributed by atoms with Gasteiger partial charge in [0, 0.05) is 15.6 Å². The van der Waals surface area contributed by atoms with Crippen LogP contribution in [0.1, 0.15) is 11.8 Å². The van der Waals surface area contributed by atoms with Crippen LogP contribution in [0.2, 0.25) is 10.0 Å². The van der Waals surface area contributed by atoms with Crippen LogP contribution in [-0.2, 0) is 4.79 Å². The fourth-order valence-electron chi connectivity index (χ4n) is 1.29. The molecule has 5 N–H and O–H groups in total. The molecule has 19 heavy (non-hydrogen) atoms. The van der Waals surface area contributed by atoms with Gasteiger partial charge in [0.05, 0.1) is 13.0 Å². The summed E-state index contributed by atoms with van der Waals surface area (Å²) < 4.78 is 0. The summed E-state index contributed by atoms with van der Waals surface area (Å²) in [7, 11) is -1.61. The van der Waals surface area contributed by atoms with E-state index in [2.05, 4.69) is 10.6 Å². The Labute approximate surface area is 120 Å². The van der Waals surface area contributed by atoms with Crippen LogP contribution < -0.4 is 10.6 Å². The first-order valence-corrected chi connectivity index (χ1v) is 6.15. The molecule has 0 aliphatic carbocycles. The summed E-state index contributed by atoms with van der Waals surface area (Å²) in [4.78, 5) is 11.3. The second-order valence-electron chi connectivity index (χ2n) is 3.73. The summed E-state index contributed by atoms with van der Waals surface area (Å²) in [6, 6.07) is 4.60. The van der Waals surface area contributed by atoms with Crippen LogP contribution in [0.15, 0.2) is 18.2 Å². The highest BCUT2D eigenvalue weighted by molar-refractivity contribution is 6.41. The number of nitrogens with one attached hydrogen (secondary N) is 2. The number of hydrogen-bond donors (Lipinski definition) is 5. The molecule has 1 unspecified atom stereocenters. The highest BCUT2D eigenvalue weighted by Gasteiger charge is 2.14. The lowest BCUT2D eigenvalue weighted by atomic mass is 9.92. The molecular formula is C10H13BCl2N2O4. The number of aliphatic hydroxyl groups is 1. The third kappa shape index (κ3) is 5.77. The second-order valence-corrected chi connectivity index (χ2v) is 4.58. The molecule has 0 aliphatic rings. The van der Waals surface area contributed by atoms with Gasteiger partial charge in [-0.05, 0) is 18.2 Å². The number of aliphatic hydroxyl groups excluding tert-OH is 1. The zero-order chi connectivity index (χ0) is 14.4. The predicted molar refractivity (Wildman–Crippen MR) is 72.6 cm³/mol. The fourth-order valence-corrected chi connectivity index (χ4v) is 1.69. The van der Waals surface area contributed by atoms with Gasteiger partial charge in [0.15, 0.2) is 0 Å². The number of hydrogen-bond acceptors (Lipinski definition) is 5. The molecule has 1 rings (SSSR count). The SMILES string of the molecule is O=C(CNC(O)c1cc(Cl)ccc1Cl)NCB(O)O. The average molecular weight is 307 g/mol. The zero-order valence-corrected chi connectivity index (χ0v) is 11.3. The molecule has 0 saturated carbocycles. The van der Waals surface area contributed by atoms with E-state index in [-0.39, 0.29) is 13.0 Å². The molecule has 1 amide bonds. The molecule has 0 aliphatic heterocycles. The van der Waals surface area contributed by atoms with Crippen molar-refractivity contribution >= 4 is 36.2 Å². The van der Waals surface area contributed by atoms with E-state index in [1.54, 1.807) is 6.07 Å². The van der Waals surface area contributed by atoms with Crippen molar-refractivity contribution in [2.24, 2.45) is 0 Å². The topological polar surface area (TPSA) is 102 Å². The quantitative estimate of drug-likeness (QED) is 0.367. The standard InChI is InChI=1S/C10H13BCl2N2O4/c12-6-1-2-8(13)7(3-6)10(17)14-4-9(16)15-5-11(18)19/h1-3,10,14,17-19H,4-5H2,(H,15,16). The minimum atomic E-state index is -1.61. The number of benzene rings is 1. The lowest BCUT2D eigenvalue weighted by molar-refractivity contribution is -0.120. The molecular weight excluding hydrogens is 294 g/mol. The molecule has 0 radical (unpaired) electrons. The Morgan fingerprint density at radius 3 is 2.68 bits per heavy atom. The van der Waals surface area contributed by atoms with Gasteiger partial charge in [-0.25, -0.2) is 0 Å². The van der Waals surface area contributed by atoms with Crippen LogP contribution in [0.25, 0.3) is 0 Å². The van der Waals surface area contributed by atoms with E-state index >= 15 is 0 Å². The van der Waals surface area contributed by atoms with Gasteiger partial charge in [0.25, 0.3) is 0 Å². The number of amides is 1. The van der Waals surface area contributed by atoms with Gasteiger partial charge in [-0.3, -0.25) is 10.1 Å². The van der Waals surface area contributed by atoms with Crippen molar-refractivity contribution in [2.45, 2.75) is 6.23 Å². The maximum absolute atomic E-state index is 11.3. The Morgan fingerprint density at radius 2 is 2.05 bits per heavy atom. The van der Waals surface area contributed by atoms with Gasteiger partial charge in [-0.1, -0.05) is 23.2 Å². The number of carbonyl (C=O) groups is 1. The molecule has 9 heteroatoms. The van der Waals surface area contributed by atoms with E-state index < -0.39 is 19.3 Å². The second kappa shape index (κ2) is 7.69. The van der Waals surface area contributed by atoms with Gasteiger partial charge in [0.2, 0.25) is 5.91 Å². The van der Waals surface area contributed by atoms with Crippen LogP contribution in [0, 0.1) is 0 Å². The first-order valence-electron chi connectivity index (χ1n) is 5.39. The molecule has 1 aromatic rings. The molecule has 0 fully saturated rings. The largest absolute Gasteiger partial charge is 0.472 e. The first kappa shape index (κ1) is 16.2. The number of halogens is 2. The highest BCUT2D eigenvalue weighted by atomic mass is 35.5. The summed E-state index contributed by atoms with van der Waals surface area (Å²) in [5.41, 5.74) is 0.351. The van der Waals surface area contributed by atoms with E-state index in [0.717, 1.165) is 0 Å². The predicted octanol–water partition coefficient (Wildman–Crippen LogP) is -0.298. The van der Waals surface area contributed by atoms with E-state index in [0.29, 0.717) is 15.6 Å². The Kier molecular flexibility index (Phi) is 6.57. The third-order valence-electron chi connectivity index (χ3n) is 2.19. The molecule has 1 aromatic carbocycles. The maximum atomic E-state index is 11.3. The smallest absolute Gasteiger partial charge is 0.426 e. The van der Waals surface area contributed by atoms with Crippen molar-refractivity contribution in [1.82, 2.24) is 10.6 Å². The zero-order valence-electron chi connectivity index (χ0n) is 9.81. The van der Waals surface area contributed by atoms with Crippen LogP contribution in [-0.4, -0.2) is 41.2 Å². The van der Waals surface area contributed by atoms with Crippen molar-refractivity contribution in [2.75, 3.05) is 13.0 Å². The van der Waals surface area contributed by atoms with Gasteiger partial charge >= 0.3 is 7.12 Å². The Morgan fingerprint density at radius 1 is 1.37 bits per heavy atom. The Balaban J connectivity index is 2.49. The Hall–Kier alpha value is -0.825. The fraction of sp³-hybridized carbons (Fsp3) is 0.300. The van der Waals surface area contributed by atoms with Crippen molar-refractivity contribution in [3.05, 3.63) is 33.8 Å². The summed E-state index contributed by atoms with van der Waals surface area (Å²) in [6.07, 6.45) is -1.44. The van der Waals surface area contributed by atoms with Gasteiger partial charge < -0.3 is 20.5 Å². The minimum Gasteiger partial charge on any atom is -0.426 e.